The minimum absolute atomic E-state index is 0.0197. The fraction of sp³-hybridized carbons (Fsp3) is 0.267. The highest BCUT2D eigenvalue weighted by Crippen LogP contribution is 2.10. The number of benzene rings is 1. The zero-order valence-corrected chi connectivity index (χ0v) is 12.3. The Kier molecular flexibility index (Phi) is 5.29. The first-order valence-electron chi connectivity index (χ1n) is 6.88. The van der Waals surface area contributed by atoms with Crippen LogP contribution in [-0.2, 0) is 14.3 Å². The second-order valence-electron chi connectivity index (χ2n) is 4.57. The van der Waals surface area contributed by atoms with E-state index in [1.807, 2.05) is 0 Å². The monoisotopic (exact) mass is 322 g/mol. The maximum absolute atomic E-state index is 12.8. The van der Waals surface area contributed by atoms with Crippen molar-refractivity contribution in [1.29, 1.82) is 0 Å². The van der Waals surface area contributed by atoms with Crippen molar-refractivity contribution in [2.45, 2.75) is 6.92 Å². The van der Waals surface area contributed by atoms with Gasteiger partial charge < -0.3 is 20.1 Å². The van der Waals surface area contributed by atoms with Crippen LogP contribution in [-0.4, -0.2) is 37.7 Å². The lowest BCUT2D eigenvalue weighted by atomic mass is 10.1. The van der Waals surface area contributed by atoms with Gasteiger partial charge in [0, 0.05) is 0 Å². The van der Waals surface area contributed by atoms with Crippen LogP contribution < -0.4 is 10.6 Å². The molecule has 0 aromatic heterocycles. The van der Waals surface area contributed by atoms with Gasteiger partial charge >= 0.3 is 18.0 Å². The van der Waals surface area contributed by atoms with E-state index in [0.29, 0.717) is 0 Å². The molecule has 0 saturated carbocycles. The summed E-state index contributed by atoms with van der Waals surface area (Å²) in [5, 5.41) is 4.85. The molecule has 7 nitrogen and oxygen atoms in total. The first-order chi connectivity index (χ1) is 11.0. The van der Waals surface area contributed by atoms with Gasteiger partial charge in [-0.05, 0) is 31.2 Å². The molecule has 1 aromatic rings. The first-order valence-corrected chi connectivity index (χ1v) is 6.88. The maximum atomic E-state index is 12.8. The number of nitrogens with one attached hydrogen (secondary N) is 2. The normalized spacial score (nSPS) is 13.9. The maximum Gasteiger partial charge on any atom is 0.338 e. The number of halogens is 1. The van der Waals surface area contributed by atoms with Gasteiger partial charge in [0.05, 0.1) is 30.0 Å². The Hall–Kier alpha value is -2.90. The number of urea groups is 1. The summed E-state index contributed by atoms with van der Waals surface area (Å²) in [6, 6.07) is 4.31. The molecule has 2 rings (SSSR count). The van der Waals surface area contributed by atoms with Crippen molar-refractivity contribution < 1.29 is 28.2 Å². The van der Waals surface area contributed by atoms with Crippen LogP contribution in [0.3, 0.4) is 0 Å². The number of hydrogen-bond donors (Lipinski definition) is 2. The van der Waals surface area contributed by atoms with Gasteiger partial charge in [0.15, 0.2) is 0 Å². The predicted octanol–water partition coefficient (Wildman–Crippen LogP) is 1.11. The first kappa shape index (κ1) is 16.5. The van der Waals surface area contributed by atoms with Crippen LogP contribution in [0, 0.1) is 5.82 Å². The average Bonchev–Trinajstić information content (AvgIpc) is 2.53. The fourth-order valence-corrected chi connectivity index (χ4v) is 1.88. The molecule has 0 aliphatic carbocycles. The van der Waals surface area contributed by atoms with Gasteiger partial charge in [0.25, 0.3) is 0 Å². The van der Waals surface area contributed by atoms with Crippen LogP contribution in [0.2, 0.25) is 0 Å². The predicted molar refractivity (Wildman–Crippen MR) is 76.9 cm³/mol. The number of amides is 2. The Morgan fingerprint density at radius 3 is 2.52 bits per heavy atom. The summed E-state index contributed by atoms with van der Waals surface area (Å²) in [6.07, 6.45) is 0. The number of ether oxygens (including phenoxy) is 2. The minimum Gasteiger partial charge on any atom is -0.463 e. The van der Waals surface area contributed by atoms with Crippen LogP contribution in [0.5, 0.6) is 0 Å². The average molecular weight is 322 g/mol. The summed E-state index contributed by atoms with van der Waals surface area (Å²) in [4.78, 5) is 35.0. The lowest BCUT2D eigenvalue weighted by Crippen LogP contribution is -2.45. The molecule has 1 heterocycles. The third-order valence-electron chi connectivity index (χ3n) is 3.00. The molecule has 1 aromatic carbocycles. The third-order valence-corrected chi connectivity index (χ3v) is 3.00. The summed E-state index contributed by atoms with van der Waals surface area (Å²) < 4.78 is 22.7. The van der Waals surface area contributed by atoms with Crippen LogP contribution in [0.1, 0.15) is 17.3 Å². The Labute approximate surface area is 131 Å². The molecule has 1 aliphatic rings. The Morgan fingerprint density at radius 2 is 1.87 bits per heavy atom. The summed E-state index contributed by atoms with van der Waals surface area (Å²) in [7, 11) is 0. The van der Waals surface area contributed by atoms with Crippen molar-refractivity contribution in [2.24, 2.45) is 0 Å². The molecule has 0 radical (unpaired) electrons. The van der Waals surface area contributed by atoms with Crippen LogP contribution in [0.15, 0.2) is 35.5 Å². The Balaban J connectivity index is 2.08. The van der Waals surface area contributed by atoms with E-state index in [1.54, 1.807) is 6.92 Å². The van der Waals surface area contributed by atoms with Crippen molar-refractivity contribution in [3.8, 4) is 0 Å². The van der Waals surface area contributed by atoms with E-state index in [2.05, 4.69) is 10.6 Å². The zero-order chi connectivity index (χ0) is 16.8. The molecule has 0 spiro atoms. The van der Waals surface area contributed by atoms with Crippen molar-refractivity contribution in [2.75, 3.05) is 19.8 Å². The van der Waals surface area contributed by atoms with Gasteiger partial charge in [-0.1, -0.05) is 0 Å². The molecule has 0 fully saturated rings. The van der Waals surface area contributed by atoms with Gasteiger partial charge in [-0.2, -0.15) is 0 Å². The Bertz CT molecular complexity index is 654. The summed E-state index contributed by atoms with van der Waals surface area (Å²) in [5.74, 6) is -1.78. The molecule has 122 valence electrons. The highest BCUT2D eigenvalue weighted by Gasteiger charge is 2.24. The second kappa shape index (κ2) is 7.39. The molecule has 1 aliphatic heterocycles. The topological polar surface area (TPSA) is 93.7 Å². The van der Waals surface area contributed by atoms with Crippen LogP contribution >= 0.6 is 0 Å². The molecule has 0 atom stereocenters. The molecule has 2 N–H and O–H groups in total. The highest BCUT2D eigenvalue weighted by molar-refractivity contribution is 5.94. The molecule has 23 heavy (non-hydrogen) atoms. The van der Waals surface area contributed by atoms with Crippen molar-refractivity contribution in [3.05, 3.63) is 46.9 Å². The number of hydrogen-bond acceptors (Lipinski definition) is 5. The van der Waals surface area contributed by atoms with E-state index in [9.17, 15) is 18.8 Å². The molecule has 0 saturated heterocycles. The lowest BCUT2D eigenvalue weighted by Gasteiger charge is -2.21. The quantitative estimate of drug-likeness (QED) is 0.792. The van der Waals surface area contributed by atoms with E-state index < -0.39 is 23.8 Å². The molecule has 0 unspecified atom stereocenters. The number of carbonyl (C=O) groups excluding carboxylic acids is 3. The summed E-state index contributed by atoms with van der Waals surface area (Å²) >= 11 is 0. The van der Waals surface area contributed by atoms with E-state index in [1.165, 1.54) is 12.1 Å². The van der Waals surface area contributed by atoms with E-state index in [0.717, 1.165) is 12.1 Å². The van der Waals surface area contributed by atoms with Gasteiger partial charge in [0.2, 0.25) is 0 Å². The van der Waals surface area contributed by atoms with Gasteiger partial charge in [-0.3, -0.25) is 0 Å². The molecular weight excluding hydrogens is 307 g/mol. The van der Waals surface area contributed by atoms with Crippen molar-refractivity contribution in [3.63, 3.8) is 0 Å². The number of carbonyl (C=O) groups is 3. The summed E-state index contributed by atoms with van der Waals surface area (Å²) in [6.45, 7) is 1.51. The van der Waals surface area contributed by atoms with E-state index >= 15 is 0 Å². The molecule has 8 heteroatoms. The van der Waals surface area contributed by atoms with Gasteiger partial charge in [-0.25, -0.2) is 18.8 Å². The van der Waals surface area contributed by atoms with Gasteiger partial charge in [-0.15, -0.1) is 0 Å². The Morgan fingerprint density at radius 1 is 1.17 bits per heavy atom. The second-order valence-corrected chi connectivity index (χ2v) is 4.57. The SMILES string of the molecule is CCOC(=O)C1=C(COC(=O)c2ccc(F)cc2)NC(=O)NC1. The highest BCUT2D eigenvalue weighted by atomic mass is 19.1. The minimum atomic E-state index is -0.700. The number of rotatable bonds is 5. The third kappa shape index (κ3) is 4.29. The smallest absolute Gasteiger partial charge is 0.338 e. The molecule has 2 amide bonds. The standard InChI is InChI=1S/C15H15FN2O5/c1-2-22-14(20)11-7-17-15(21)18-12(11)8-23-13(19)9-3-5-10(16)6-4-9/h3-6H,2,7-8H2,1H3,(H2,17,18,21). The van der Waals surface area contributed by atoms with E-state index in [-0.39, 0.29) is 36.6 Å². The van der Waals surface area contributed by atoms with Crippen LogP contribution in [0.4, 0.5) is 9.18 Å². The van der Waals surface area contributed by atoms with Crippen molar-refractivity contribution >= 4 is 18.0 Å². The zero-order valence-electron chi connectivity index (χ0n) is 12.3. The lowest BCUT2D eigenvalue weighted by molar-refractivity contribution is -0.138. The largest absolute Gasteiger partial charge is 0.463 e. The van der Waals surface area contributed by atoms with Crippen molar-refractivity contribution in [1.82, 2.24) is 10.6 Å². The van der Waals surface area contributed by atoms with E-state index in [4.69, 9.17) is 9.47 Å². The molecule has 0 bridgehead atoms. The number of esters is 2. The van der Waals surface area contributed by atoms with Crippen LogP contribution in [0.25, 0.3) is 0 Å². The summed E-state index contributed by atoms with van der Waals surface area (Å²) in [5.41, 5.74) is 0.492. The van der Waals surface area contributed by atoms with Gasteiger partial charge in [0.1, 0.15) is 12.4 Å². The fourth-order valence-electron chi connectivity index (χ4n) is 1.88. The molecular formula is C15H15FN2O5.